The molecule has 0 saturated heterocycles. The van der Waals surface area contributed by atoms with Crippen LogP contribution in [-0.4, -0.2) is 23.6 Å². The Labute approximate surface area is 99.8 Å². The first-order chi connectivity index (χ1) is 7.38. The van der Waals surface area contributed by atoms with E-state index in [4.69, 9.17) is 0 Å². The highest BCUT2D eigenvalue weighted by Gasteiger charge is 2.24. The maximum atomic E-state index is 3.73. The van der Waals surface area contributed by atoms with E-state index in [1.807, 2.05) is 0 Å². The van der Waals surface area contributed by atoms with Crippen LogP contribution in [0.15, 0.2) is 0 Å². The molecular weight excluding hydrogens is 202 g/mol. The number of rotatable bonds is 7. The fourth-order valence-electron chi connectivity index (χ4n) is 2.24. The second-order valence-electron chi connectivity index (χ2n) is 4.61. The van der Waals surface area contributed by atoms with Gasteiger partial charge in [-0.3, -0.25) is 0 Å². The Kier molecular flexibility index (Phi) is 7.54. The second-order valence-corrected chi connectivity index (χ2v) is 5.95. The number of thioether (sulfide) groups is 1. The molecular formula is C13H27NS. The van der Waals surface area contributed by atoms with Crippen molar-refractivity contribution in [2.75, 3.05) is 12.3 Å². The summed E-state index contributed by atoms with van der Waals surface area (Å²) in [6.45, 7) is 5.75. The van der Waals surface area contributed by atoms with Crippen molar-refractivity contribution in [3.05, 3.63) is 0 Å². The zero-order chi connectivity index (χ0) is 10.9. The minimum absolute atomic E-state index is 0.806. The average molecular weight is 229 g/mol. The molecule has 1 nitrogen and oxygen atoms in total. The largest absolute Gasteiger partial charge is 0.313 e. The van der Waals surface area contributed by atoms with Crippen LogP contribution in [0.3, 0.4) is 0 Å². The lowest BCUT2D eigenvalue weighted by atomic mass is 9.95. The fourth-order valence-corrected chi connectivity index (χ4v) is 3.79. The summed E-state index contributed by atoms with van der Waals surface area (Å²) in [7, 11) is 0. The van der Waals surface area contributed by atoms with Gasteiger partial charge < -0.3 is 5.32 Å². The molecule has 0 bridgehead atoms. The second kappa shape index (κ2) is 8.46. The fraction of sp³-hybridized carbons (Fsp3) is 1.00. The lowest BCUT2D eigenvalue weighted by Gasteiger charge is -2.32. The summed E-state index contributed by atoms with van der Waals surface area (Å²) in [5, 5.41) is 4.63. The number of hydrogen-bond donors (Lipinski definition) is 1. The summed E-state index contributed by atoms with van der Waals surface area (Å²) in [6.07, 6.45) is 9.73. The van der Waals surface area contributed by atoms with Crippen molar-refractivity contribution in [1.29, 1.82) is 0 Å². The van der Waals surface area contributed by atoms with Crippen molar-refractivity contribution >= 4 is 11.8 Å². The first-order valence-corrected chi connectivity index (χ1v) is 7.78. The van der Waals surface area contributed by atoms with E-state index in [-0.39, 0.29) is 0 Å². The first kappa shape index (κ1) is 13.4. The maximum Gasteiger partial charge on any atom is 0.0201 e. The maximum absolute atomic E-state index is 3.73. The molecule has 1 rings (SSSR count). The molecule has 0 spiro atoms. The van der Waals surface area contributed by atoms with Gasteiger partial charge in [-0.15, -0.1) is 0 Å². The molecule has 1 N–H and O–H groups in total. The zero-order valence-corrected chi connectivity index (χ0v) is 11.2. The highest BCUT2D eigenvalue weighted by Crippen LogP contribution is 2.29. The van der Waals surface area contributed by atoms with Crippen LogP contribution in [-0.2, 0) is 0 Å². The minimum Gasteiger partial charge on any atom is -0.313 e. The van der Waals surface area contributed by atoms with E-state index in [1.54, 1.807) is 0 Å². The minimum atomic E-state index is 0.806. The smallest absolute Gasteiger partial charge is 0.0201 e. The molecule has 15 heavy (non-hydrogen) atoms. The molecule has 0 aliphatic heterocycles. The Morgan fingerprint density at radius 3 is 2.67 bits per heavy atom. The Hall–Kier alpha value is 0.310. The van der Waals surface area contributed by atoms with Crippen LogP contribution >= 0.6 is 11.8 Å². The van der Waals surface area contributed by atoms with Gasteiger partial charge in [-0.25, -0.2) is 0 Å². The average Bonchev–Trinajstić information content (AvgIpc) is 2.28. The Morgan fingerprint density at radius 2 is 1.93 bits per heavy atom. The van der Waals surface area contributed by atoms with Crippen molar-refractivity contribution in [1.82, 2.24) is 5.32 Å². The summed E-state index contributed by atoms with van der Waals surface area (Å²) >= 11 is 2.22. The van der Waals surface area contributed by atoms with Gasteiger partial charge in [0.2, 0.25) is 0 Å². The van der Waals surface area contributed by atoms with Crippen LogP contribution in [0.4, 0.5) is 0 Å². The van der Waals surface area contributed by atoms with Crippen molar-refractivity contribution in [3.63, 3.8) is 0 Å². The van der Waals surface area contributed by atoms with E-state index >= 15 is 0 Å². The quantitative estimate of drug-likeness (QED) is 0.666. The van der Waals surface area contributed by atoms with Crippen molar-refractivity contribution in [2.24, 2.45) is 0 Å². The molecule has 0 aromatic carbocycles. The predicted octanol–water partition coefficient (Wildman–Crippen LogP) is 3.83. The van der Waals surface area contributed by atoms with Gasteiger partial charge >= 0.3 is 0 Å². The lowest BCUT2D eigenvalue weighted by molar-refractivity contribution is 0.384. The summed E-state index contributed by atoms with van der Waals surface area (Å²) < 4.78 is 0. The molecule has 0 heterocycles. The summed E-state index contributed by atoms with van der Waals surface area (Å²) in [6, 6.07) is 0.806. The van der Waals surface area contributed by atoms with E-state index < -0.39 is 0 Å². The van der Waals surface area contributed by atoms with Crippen LogP contribution in [0, 0.1) is 0 Å². The van der Waals surface area contributed by atoms with Crippen molar-refractivity contribution in [3.8, 4) is 0 Å². The molecule has 90 valence electrons. The van der Waals surface area contributed by atoms with Crippen molar-refractivity contribution in [2.45, 2.75) is 70.1 Å². The Bertz CT molecular complexity index is 149. The van der Waals surface area contributed by atoms with E-state index in [2.05, 4.69) is 30.9 Å². The van der Waals surface area contributed by atoms with Gasteiger partial charge in [0.25, 0.3) is 0 Å². The van der Waals surface area contributed by atoms with E-state index in [0.29, 0.717) is 0 Å². The molecule has 0 aromatic rings. The molecule has 2 atom stereocenters. The molecule has 2 unspecified atom stereocenters. The number of hydrogen-bond acceptors (Lipinski definition) is 2. The SMILES string of the molecule is CCCCSC1CCCCC1NCCC. The van der Waals surface area contributed by atoms with E-state index in [9.17, 15) is 0 Å². The first-order valence-electron chi connectivity index (χ1n) is 6.73. The third-order valence-electron chi connectivity index (χ3n) is 3.19. The van der Waals surface area contributed by atoms with Crippen LogP contribution in [0.1, 0.15) is 58.8 Å². The molecule has 0 aromatic heterocycles. The molecule has 1 fully saturated rings. The number of nitrogens with one attached hydrogen (secondary N) is 1. The topological polar surface area (TPSA) is 12.0 Å². The van der Waals surface area contributed by atoms with Gasteiger partial charge in [-0.1, -0.05) is 33.1 Å². The highest BCUT2D eigenvalue weighted by atomic mass is 32.2. The van der Waals surface area contributed by atoms with Crippen LogP contribution in [0.25, 0.3) is 0 Å². The van der Waals surface area contributed by atoms with Gasteiger partial charge in [0.05, 0.1) is 0 Å². The van der Waals surface area contributed by atoms with Gasteiger partial charge in [0.15, 0.2) is 0 Å². The summed E-state index contributed by atoms with van der Waals surface area (Å²) in [4.78, 5) is 0. The van der Waals surface area contributed by atoms with Crippen LogP contribution in [0.5, 0.6) is 0 Å². The standard InChI is InChI=1S/C13H27NS/c1-3-5-11-15-13-9-7-6-8-12(13)14-10-4-2/h12-14H,3-11H2,1-2H3. The third kappa shape index (κ3) is 5.26. The van der Waals surface area contributed by atoms with E-state index in [0.717, 1.165) is 11.3 Å². The zero-order valence-electron chi connectivity index (χ0n) is 10.4. The van der Waals surface area contributed by atoms with Crippen molar-refractivity contribution < 1.29 is 0 Å². The van der Waals surface area contributed by atoms with Gasteiger partial charge in [-0.2, -0.15) is 11.8 Å². The molecule has 2 heteroatoms. The van der Waals surface area contributed by atoms with Gasteiger partial charge in [-0.05, 0) is 38.0 Å². The third-order valence-corrected chi connectivity index (χ3v) is 4.71. The van der Waals surface area contributed by atoms with E-state index in [1.165, 1.54) is 57.2 Å². The molecule has 1 saturated carbocycles. The molecule has 1 aliphatic carbocycles. The van der Waals surface area contributed by atoms with Gasteiger partial charge in [0, 0.05) is 11.3 Å². The van der Waals surface area contributed by atoms with Gasteiger partial charge in [0.1, 0.15) is 0 Å². The molecule has 0 amide bonds. The number of unbranched alkanes of at least 4 members (excludes halogenated alkanes) is 1. The van der Waals surface area contributed by atoms with Crippen LogP contribution < -0.4 is 5.32 Å². The molecule has 0 radical (unpaired) electrons. The highest BCUT2D eigenvalue weighted by molar-refractivity contribution is 7.99. The Morgan fingerprint density at radius 1 is 1.13 bits per heavy atom. The van der Waals surface area contributed by atoms with Crippen LogP contribution in [0.2, 0.25) is 0 Å². The Balaban J connectivity index is 2.22. The monoisotopic (exact) mass is 229 g/mol. The summed E-state index contributed by atoms with van der Waals surface area (Å²) in [5.74, 6) is 1.37. The normalized spacial score (nSPS) is 26.8. The lowest BCUT2D eigenvalue weighted by Crippen LogP contribution is -2.40. The predicted molar refractivity (Wildman–Crippen MR) is 71.7 cm³/mol. The molecule has 1 aliphatic rings. The summed E-state index contributed by atoms with van der Waals surface area (Å²) in [5.41, 5.74) is 0.